The van der Waals surface area contributed by atoms with E-state index in [1.165, 1.54) is 25.9 Å². The van der Waals surface area contributed by atoms with E-state index in [0.29, 0.717) is 24.0 Å². The maximum atomic E-state index is 12.3. The summed E-state index contributed by atoms with van der Waals surface area (Å²) in [5.74, 6) is 1.40. The molecule has 2 heterocycles. The Morgan fingerprint density at radius 3 is 2.88 bits per heavy atom. The Hall–Kier alpha value is -2.34. The number of ether oxygens (including phenoxy) is 1. The van der Waals surface area contributed by atoms with E-state index in [9.17, 15) is 4.79 Å². The molecule has 1 aromatic heterocycles. The topological polar surface area (TPSA) is 67.6 Å². The van der Waals surface area contributed by atoms with E-state index in [-0.39, 0.29) is 11.6 Å². The molecule has 0 unspecified atom stereocenters. The van der Waals surface area contributed by atoms with Gasteiger partial charge in [-0.2, -0.15) is 0 Å². The number of hydrogen-bond acceptors (Lipinski definition) is 5. The number of amides is 1. The molecule has 0 bridgehead atoms. The first kappa shape index (κ1) is 17.5. The molecular formula is C19H25N3O3. The second-order valence-electron chi connectivity index (χ2n) is 6.60. The van der Waals surface area contributed by atoms with Gasteiger partial charge in [0.25, 0.3) is 5.91 Å². The van der Waals surface area contributed by atoms with Gasteiger partial charge in [0.15, 0.2) is 11.5 Å². The molecule has 1 N–H and O–H groups in total. The second-order valence-corrected chi connectivity index (χ2v) is 6.60. The fourth-order valence-corrected chi connectivity index (χ4v) is 3.19. The molecule has 2 aromatic rings. The predicted octanol–water partition coefficient (Wildman–Crippen LogP) is 2.81. The van der Waals surface area contributed by atoms with Crippen LogP contribution in [0.3, 0.4) is 0 Å². The van der Waals surface area contributed by atoms with Gasteiger partial charge in [0.2, 0.25) is 0 Å². The van der Waals surface area contributed by atoms with Crippen molar-refractivity contribution in [1.82, 2.24) is 15.4 Å². The summed E-state index contributed by atoms with van der Waals surface area (Å²) in [5, 5.41) is 6.84. The fourth-order valence-electron chi connectivity index (χ4n) is 3.19. The summed E-state index contributed by atoms with van der Waals surface area (Å²) >= 11 is 0. The number of carbonyl (C=O) groups excluding carboxylic acids is 1. The van der Waals surface area contributed by atoms with E-state index in [0.717, 1.165) is 12.1 Å². The van der Waals surface area contributed by atoms with Crippen LogP contribution in [0.15, 0.2) is 34.9 Å². The molecule has 0 aliphatic carbocycles. The largest absolute Gasteiger partial charge is 0.496 e. The van der Waals surface area contributed by atoms with Gasteiger partial charge in [0.05, 0.1) is 12.7 Å². The van der Waals surface area contributed by atoms with Gasteiger partial charge in [0.1, 0.15) is 5.75 Å². The standard InChI is InChI=1S/C19H25N3O3/c1-14(13-22-9-5-6-10-22)12-20-19(23)16-11-18(25-21-16)15-7-3-4-8-17(15)24-2/h3-4,7-8,11,14H,5-6,9-10,12-13H2,1-2H3,(H,20,23)/t14-/m1/s1. The SMILES string of the molecule is COc1ccccc1-c1cc(C(=O)NC[C@@H](C)CN2CCCC2)no1. The molecule has 1 fully saturated rings. The minimum Gasteiger partial charge on any atom is -0.496 e. The van der Waals surface area contributed by atoms with Crippen molar-refractivity contribution in [3.63, 3.8) is 0 Å². The second kappa shape index (κ2) is 8.16. The molecule has 1 atom stereocenters. The zero-order valence-electron chi connectivity index (χ0n) is 14.8. The zero-order valence-corrected chi connectivity index (χ0v) is 14.8. The molecule has 0 saturated carbocycles. The number of likely N-dealkylation sites (tertiary alicyclic amines) is 1. The lowest BCUT2D eigenvalue weighted by molar-refractivity contribution is 0.0936. The van der Waals surface area contributed by atoms with Gasteiger partial charge in [-0.25, -0.2) is 0 Å². The summed E-state index contributed by atoms with van der Waals surface area (Å²) in [4.78, 5) is 14.8. The first-order valence-corrected chi connectivity index (χ1v) is 8.78. The summed E-state index contributed by atoms with van der Waals surface area (Å²) in [6, 6.07) is 9.14. The molecule has 1 aliphatic rings. The van der Waals surface area contributed by atoms with E-state index < -0.39 is 0 Å². The van der Waals surface area contributed by atoms with E-state index >= 15 is 0 Å². The van der Waals surface area contributed by atoms with Gasteiger partial charge >= 0.3 is 0 Å². The monoisotopic (exact) mass is 343 g/mol. The summed E-state index contributed by atoms with van der Waals surface area (Å²) in [6.07, 6.45) is 2.56. The van der Waals surface area contributed by atoms with Crippen LogP contribution in [0.1, 0.15) is 30.3 Å². The lowest BCUT2D eigenvalue weighted by Crippen LogP contribution is -2.34. The molecule has 0 spiro atoms. The van der Waals surface area contributed by atoms with Crippen LogP contribution in [0.5, 0.6) is 5.75 Å². The highest BCUT2D eigenvalue weighted by Gasteiger charge is 2.18. The van der Waals surface area contributed by atoms with Crippen LogP contribution in [-0.2, 0) is 0 Å². The van der Waals surface area contributed by atoms with Crippen LogP contribution in [0.4, 0.5) is 0 Å². The Kier molecular flexibility index (Phi) is 5.71. The number of para-hydroxylation sites is 1. The fraction of sp³-hybridized carbons (Fsp3) is 0.474. The smallest absolute Gasteiger partial charge is 0.273 e. The normalized spacial score (nSPS) is 15.9. The van der Waals surface area contributed by atoms with Crippen molar-refractivity contribution in [3.05, 3.63) is 36.0 Å². The molecule has 1 saturated heterocycles. The molecule has 25 heavy (non-hydrogen) atoms. The van der Waals surface area contributed by atoms with E-state index in [2.05, 4.69) is 22.3 Å². The van der Waals surface area contributed by atoms with Crippen LogP contribution < -0.4 is 10.1 Å². The zero-order chi connectivity index (χ0) is 17.6. The highest BCUT2D eigenvalue weighted by atomic mass is 16.5. The molecule has 6 heteroatoms. The van der Waals surface area contributed by atoms with Gasteiger partial charge in [0, 0.05) is 19.2 Å². The van der Waals surface area contributed by atoms with Crippen molar-refractivity contribution in [1.29, 1.82) is 0 Å². The maximum absolute atomic E-state index is 12.3. The first-order valence-electron chi connectivity index (χ1n) is 8.78. The van der Waals surface area contributed by atoms with Crippen LogP contribution in [-0.4, -0.2) is 49.3 Å². The van der Waals surface area contributed by atoms with Gasteiger partial charge in [-0.3, -0.25) is 4.79 Å². The molecule has 134 valence electrons. The Bertz CT molecular complexity index is 707. The minimum absolute atomic E-state index is 0.210. The average molecular weight is 343 g/mol. The van der Waals surface area contributed by atoms with Crippen molar-refractivity contribution in [3.8, 4) is 17.1 Å². The van der Waals surface area contributed by atoms with E-state index in [4.69, 9.17) is 9.26 Å². The number of benzene rings is 1. The number of carbonyl (C=O) groups is 1. The highest BCUT2D eigenvalue weighted by Crippen LogP contribution is 2.29. The van der Waals surface area contributed by atoms with Gasteiger partial charge in [-0.05, 0) is 44.0 Å². The predicted molar refractivity (Wildman–Crippen MR) is 95.7 cm³/mol. The number of rotatable bonds is 7. The van der Waals surface area contributed by atoms with Crippen molar-refractivity contribution >= 4 is 5.91 Å². The average Bonchev–Trinajstić information content (AvgIpc) is 3.31. The number of hydrogen-bond donors (Lipinski definition) is 1. The molecular weight excluding hydrogens is 318 g/mol. The van der Waals surface area contributed by atoms with Crippen LogP contribution >= 0.6 is 0 Å². The third-order valence-corrected chi connectivity index (χ3v) is 4.49. The summed E-state index contributed by atoms with van der Waals surface area (Å²) in [6.45, 7) is 6.15. The Balaban J connectivity index is 1.57. The summed E-state index contributed by atoms with van der Waals surface area (Å²) in [5.41, 5.74) is 1.06. The molecule has 1 aliphatic heterocycles. The van der Waals surface area contributed by atoms with Crippen molar-refractivity contribution in [2.24, 2.45) is 5.92 Å². The lowest BCUT2D eigenvalue weighted by atomic mass is 10.1. The van der Waals surface area contributed by atoms with Gasteiger partial charge < -0.3 is 19.5 Å². The van der Waals surface area contributed by atoms with Gasteiger partial charge in [-0.1, -0.05) is 24.2 Å². The number of nitrogens with zero attached hydrogens (tertiary/aromatic N) is 2. The van der Waals surface area contributed by atoms with Crippen LogP contribution in [0.2, 0.25) is 0 Å². The molecule has 6 nitrogen and oxygen atoms in total. The third-order valence-electron chi connectivity index (χ3n) is 4.49. The summed E-state index contributed by atoms with van der Waals surface area (Å²) < 4.78 is 10.6. The first-order chi connectivity index (χ1) is 12.2. The highest BCUT2D eigenvalue weighted by molar-refractivity contribution is 5.93. The lowest BCUT2D eigenvalue weighted by Gasteiger charge is -2.20. The number of nitrogens with one attached hydrogen (secondary N) is 1. The molecule has 0 radical (unpaired) electrons. The molecule has 1 aromatic carbocycles. The van der Waals surface area contributed by atoms with E-state index in [1.54, 1.807) is 13.2 Å². The molecule has 1 amide bonds. The number of aromatic nitrogens is 1. The van der Waals surface area contributed by atoms with E-state index in [1.807, 2.05) is 24.3 Å². The van der Waals surface area contributed by atoms with Crippen molar-refractivity contribution in [2.75, 3.05) is 33.3 Å². The minimum atomic E-state index is -0.210. The van der Waals surface area contributed by atoms with Crippen molar-refractivity contribution < 1.29 is 14.1 Å². The van der Waals surface area contributed by atoms with Gasteiger partial charge in [-0.15, -0.1) is 0 Å². The maximum Gasteiger partial charge on any atom is 0.273 e. The Morgan fingerprint density at radius 1 is 1.36 bits per heavy atom. The number of methoxy groups -OCH3 is 1. The summed E-state index contributed by atoms with van der Waals surface area (Å²) in [7, 11) is 1.60. The van der Waals surface area contributed by atoms with Crippen molar-refractivity contribution in [2.45, 2.75) is 19.8 Å². The Labute approximate surface area is 148 Å². The Morgan fingerprint density at radius 2 is 2.12 bits per heavy atom. The van der Waals surface area contributed by atoms with Crippen LogP contribution in [0.25, 0.3) is 11.3 Å². The molecule has 3 rings (SSSR count). The van der Waals surface area contributed by atoms with Crippen LogP contribution in [0, 0.1) is 5.92 Å². The third kappa shape index (κ3) is 4.39. The quantitative estimate of drug-likeness (QED) is 0.837.